The number of benzene rings is 2. The molecule has 0 unspecified atom stereocenters. The Balaban J connectivity index is 1.76. The van der Waals surface area contributed by atoms with Gasteiger partial charge in [-0.15, -0.1) is 0 Å². The van der Waals surface area contributed by atoms with E-state index in [2.05, 4.69) is 20.6 Å². The third-order valence-corrected chi connectivity index (χ3v) is 5.88. The minimum atomic E-state index is -0.590. The number of fused-ring (bicyclic) bond motifs is 1. The number of amidine groups is 1. The van der Waals surface area contributed by atoms with E-state index in [4.69, 9.17) is 19.6 Å². The summed E-state index contributed by atoms with van der Waals surface area (Å²) >= 11 is 1.41. The van der Waals surface area contributed by atoms with Crippen LogP contribution in [0.5, 0.6) is 11.5 Å². The van der Waals surface area contributed by atoms with Gasteiger partial charge in [0.05, 0.1) is 25.0 Å². The number of urea groups is 1. The van der Waals surface area contributed by atoms with Crippen molar-refractivity contribution >= 4 is 40.2 Å². The van der Waals surface area contributed by atoms with Crippen LogP contribution in [0, 0.1) is 11.3 Å². The number of aromatic nitrogens is 2. The summed E-state index contributed by atoms with van der Waals surface area (Å²) in [6, 6.07) is 10.3. The number of hydrogen-bond acceptors (Lipinski definition) is 9. The van der Waals surface area contributed by atoms with E-state index >= 15 is 0 Å². The van der Waals surface area contributed by atoms with Gasteiger partial charge in [0, 0.05) is 41.1 Å². The third-order valence-electron chi connectivity index (χ3n) is 4.87. The maximum absolute atomic E-state index is 12.3. The van der Waals surface area contributed by atoms with Crippen LogP contribution >= 0.6 is 11.8 Å². The summed E-state index contributed by atoms with van der Waals surface area (Å²) in [7, 11) is 3.18. The first-order valence-corrected chi connectivity index (χ1v) is 11.9. The number of nitrogens with one attached hydrogen (secondary N) is 3. The van der Waals surface area contributed by atoms with E-state index in [9.17, 15) is 9.90 Å². The summed E-state index contributed by atoms with van der Waals surface area (Å²) in [6.45, 7) is 4.41. The standard InChI is InChI=1S/C25H29N5O5S/c1-15(2)20(31)13-23(26)30-25(32)29-16-6-5-7-17(10-16)36-24-18-11-21(34-4)22(35-9-8-33-3)12-19(18)27-14-28-24/h5-7,10-15,31H,8-9H2,1-4H3,(H3,26,29,30,32)/b20-13-. The molecule has 0 saturated carbocycles. The Hall–Kier alpha value is -3.83. The number of hydrogen-bond donors (Lipinski definition) is 4. The van der Waals surface area contributed by atoms with E-state index in [-0.39, 0.29) is 17.5 Å². The first kappa shape index (κ1) is 26.8. The van der Waals surface area contributed by atoms with Crippen molar-refractivity contribution in [2.75, 3.05) is 32.8 Å². The Morgan fingerprint density at radius 3 is 2.69 bits per heavy atom. The molecule has 0 bridgehead atoms. The maximum atomic E-state index is 12.3. The van der Waals surface area contributed by atoms with Crippen LogP contribution in [-0.2, 0) is 4.74 Å². The Labute approximate surface area is 213 Å². The predicted octanol–water partition coefficient (Wildman–Crippen LogP) is 5.01. The van der Waals surface area contributed by atoms with Crippen molar-refractivity contribution < 1.29 is 24.1 Å². The maximum Gasteiger partial charge on any atom is 0.324 e. The summed E-state index contributed by atoms with van der Waals surface area (Å²) < 4.78 is 16.3. The molecule has 10 nitrogen and oxygen atoms in total. The van der Waals surface area contributed by atoms with Gasteiger partial charge in [-0.2, -0.15) is 0 Å². The minimum Gasteiger partial charge on any atom is -0.512 e. The molecule has 1 aromatic heterocycles. The van der Waals surface area contributed by atoms with Gasteiger partial charge < -0.3 is 24.6 Å². The van der Waals surface area contributed by atoms with E-state index < -0.39 is 6.03 Å². The zero-order valence-corrected chi connectivity index (χ0v) is 21.3. The smallest absolute Gasteiger partial charge is 0.324 e. The van der Waals surface area contributed by atoms with Gasteiger partial charge in [-0.3, -0.25) is 10.7 Å². The van der Waals surface area contributed by atoms with Crippen LogP contribution in [0.1, 0.15) is 13.8 Å². The number of amides is 2. The second-order valence-electron chi connectivity index (χ2n) is 7.89. The SMILES string of the molecule is COCCOc1cc2ncnc(Sc3cccc(NC(=O)NC(=N)/C=C(\O)C(C)C)c3)c2cc1OC. The number of rotatable bonds is 10. The molecule has 0 fully saturated rings. The zero-order valence-electron chi connectivity index (χ0n) is 20.5. The zero-order chi connectivity index (χ0) is 26.1. The predicted molar refractivity (Wildman–Crippen MR) is 139 cm³/mol. The topological polar surface area (TPSA) is 139 Å². The van der Waals surface area contributed by atoms with Gasteiger partial charge >= 0.3 is 6.03 Å². The Kier molecular flexibility index (Phi) is 9.48. The summed E-state index contributed by atoms with van der Waals surface area (Å²) in [5, 5.41) is 24.2. The van der Waals surface area contributed by atoms with Crippen molar-refractivity contribution in [3.8, 4) is 11.5 Å². The molecule has 0 radical (unpaired) electrons. The molecule has 3 aromatic rings. The molecule has 1 heterocycles. The number of carbonyl (C=O) groups excluding carboxylic acids is 1. The van der Waals surface area contributed by atoms with Gasteiger partial charge in [0.15, 0.2) is 11.5 Å². The van der Waals surface area contributed by atoms with Crippen LogP contribution < -0.4 is 20.1 Å². The number of ether oxygens (including phenoxy) is 3. The number of aliphatic hydroxyl groups excluding tert-OH is 1. The molecule has 190 valence electrons. The van der Waals surface area contributed by atoms with Gasteiger partial charge in [0.25, 0.3) is 0 Å². The average molecular weight is 512 g/mol. The van der Waals surface area contributed by atoms with Crippen LogP contribution in [0.25, 0.3) is 10.9 Å². The van der Waals surface area contributed by atoms with Gasteiger partial charge in [0.1, 0.15) is 23.8 Å². The highest BCUT2D eigenvalue weighted by molar-refractivity contribution is 7.99. The number of nitrogens with zero attached hydrogens (tertiary/aromatic N) is 2. The van der Waals surface area contributed by atoms with Crippen molar-refractivity contribution in [1.82, 2.24) is 15.3 Å². The fourth-order valence-electron chi connectivity index (χ4n) is 3.01. The lowest BCUT2D eigenvalue weighted by molar-refractivity contribution is 0.144. The molecule has 3 rings (SSSR count). The van der Waals surface area contributed by atoms with Crippen LogP contribution in [0.3, 0.4) is 0 Å². The number of carbonyl (C=O) groups is 1. The van der Waals surface area contributed by atoms with Crippen LogP contribution in [-0.4, -0.2) is 54.4 Å². The van der Waals surface area contributed by atoms with E-state index in [0.29, 0.717) is 40.9 Å². The summed E-state index contributed by atoms with van der Waals surface area (Å²) in [5.41, 5.74) is 1.23. The molecular weight excluding hydrogens is 482 g/mol. The van der Waals surface area contributed by atoms with E-state index in [1.54, 1.807) is 52.3 Å². The van der Waals surface area contributed by atoms with E-state index in [1.165, 1.54) is 24.2 Å². The number of aliphatic hydroxyl groups is 1. The highest BCUT2D eigenvalue weighted by atomic mass is 32.2. The van der Waals surface area contributed by atoms with Crippen LogP contribution in [0.2, 0.25) is 0 Å². The average Bonchev–Trinajstić information content (AvgIpc) is 2.84. The van der Waals surface area contributed by atoms with Gasteiger partial charge in [0.2, 0.25) is 0 Å². The number of allylic oxidation sites excluding steroid dienone is 1. The number of methoxy groups -OCH3 is 2. The lowest BCUT2D eigenvalue weighted by atomic mass is 10.1. The van der Waals surface area contributed by atoms with Crippen LogP contribution in [0.4, 0.5) is 10.5 Å². The fourth-order valence-corrected chi connectivity index (χ4v) is 3.94. The quantitative estimate of drug-likeness (QED) is 0.0979. The third kappa shape index (κ3) is 7.33. The van der Waals surface area contributed by atoms with Gasteiger partial charge in [-0.05, 0) is 24.3 Å². The number of anilines is 1. The highest BCUT2D eigenvalue weighted by Gasteiger charge is 2.13. The van der Waals surface area contributed by atoms with Crippen molar-refractivity contribution in [2.45, 2.75) is 23.8 Å². The molecule has 11 heteroatoms. The molecule has 2 amide bonds. The Morgan fingerprint density at radius 2 is 1.97 bits per heavy atom. The molecule has 0 aliphatic heterocycles. The van der Waals surface area contributed by atoms with E-state index in [0.717, 1.165) is 10.3 Å². The normalized spacial score (nSPS) is 11.4. The first-order valence-electron chi connectivity index (χ1n) is 11.1. The van der Waals surface area contributed by atoms with Crippen molar-refractivity contribution in [2.24, 2.45) is 5.92 Å². The van der Waals surface area contributed by atoms with Crippen LogP contribution in [0.15, 0.2) is 64.5 Å². The molecule has 36 heavy (non-hydrogen) atoms. The Morgan fingerprint density at radius 1 is 1.17 bits per heavy atom. The summed E-state index contributed by atoms with van der Waals surface area (Å²) in [4.78, 5) is 21.9. The largest absolute Gasteiger partial charge is 0.512 e. The molecular formula is C25H29N5O5S. The molecule has 4 N–H and O–H groups in total. The highest BCUT2D eigenvalue weighted by Crippen LogP contribution is 2.37. The molecule has 0 atom stereocenters. The lowest BCUT2D eigenvalue weighted by Crippen LogP contribution is -2.33. The minimum absolute atomic E-state index is 0.0149. The monoisotopic (exact) mass is 511 g/mol. The molecule has 2 aromatic carbocycles. The lowest BCUT2D eigenvalue weighted by Gasteiger charge is -2.13. The Bertz CT molecular complexity index is 1260. The summed E-state index contributed by atoms with van der Waals surface area (Å²) in [5.74, 6) is 0.784. The molecule has 0 spiro atoms. The van der Waals surface area contributed by atoms with Gasteiger partial charge in [-0.1, -0.05) is 31.7 Å². The van der Waals surface area contributed by atoms with E-state index in [1.807, 2.05) is 12.1 Å². The molecule has 0 aliphatic carbocycles. The second-order valence-corrected chi connectivity index (χ2v) is 8.95. The summed E-state index contributed by atoms with van der Waals surface area (Å²) in [6.07, 6.45) is 2.69. The van der Waals surface area contributed by atoms with Crippen molar-refractivity contribution in [1.29, 1.82) is 5.41 Å². The van der Waals surface area contributed by atoms with Gasteiger partial charge in [-0.25, -0.2) is 14.8 Å². The molecule has 0 saturated heterocycles. The second kappa shape index (κ2) is 12.8. The fraction of sp³-hybridized carbons (Fsp3) is 0.280. The molecule has 0 aliphatic rings. The van der Waals surface area contributed by atoms with Crippen molar-refractivity contribution in [3.63, 3.8) is 0 Å². The van der Waals surface area contributed by atoms with Crippen molar-refractivity contribution in [3.05, 3.63) is 54.6 Å². The first-order chi connectivity index (χ1) is 17.3.